The molecule has 0 radical (unpaired) electrons. The Hall–Kier alpha value is -5.19. The number of benzene rings is 2. The molecule has 226 valence electrons. The van der Waals surface area contributed by atoms with Crippen LogP contribution in [0.15, 0.2) is 72.6 Å². The number of amides is 1. The summed E-state index contributed by atoms with van der Waals surface area (Å²) >= 11 is 0. The molecule has 1 aliphatic rings. The maximum absolute atomic E-state index is 15.7. The van der Waals surface area contributed by atoms with Crippen molar-refractivity contribution >= 4 is 45.4 Å². The van der Waals surface area contributed by atoms with Gasteiger partial charge in [-0.15, -0.1) is 0 Å². The predicted molar refractivity (Wildman–Crippen MR) is 170 cm³/mol. The van der Waals surface area contributed by atoms with Crippen LogP contribution in [0, 0.1) is 18.3 Å². The molecular weight excluding hydrogens is 559 g/mol. The van der Waals surface area contributed by atoms with Gasteiger partial charge in [0.05, 0.1) is 28.6 Å². The number of aromatic nitrogens is 3. The monoisotopic (exact) mass is 594 g/mol. The minimum atomic E-state index is -0.499. The van der Waals surface area contributed by atoms with Crippen molar-refractivity contribution < 1.29 is 13.9 Å². The van der Waals surface area contributed by atoms with Crippen molar-refractivity contribution in [3.8, 4) is 11.5 Å². The zero-order valence-electron chi connectivity index (χ0n) is 25.2. The number of fused-ring (bicyclic) bond motifs is 1. The summed E-state index contributed by atoms with van der Waals surface area (Å²) in [5, 5.41) is 9.59. The quantitative estimate of drug-likeness (QED) is 0.125. The highest BCUT2D eigenvalue weighted by molar-refractivity contribution is 5.90. The van der Waals surface area contributed by atoms with Crippen LogP contribution in [0.5, 0.6) is 11.5 Å². The average molecular weight is 595 g/mol. The molecule has 0 aliphatic carbocycles. The second-order valence-corrected chi connectivity index (χ2v) is 10.5. The standard InChI is InChI=1S/C33H35FN8O2/c1-6-21-15-20(16-22(7-2)42(21)30(43)8-3)24-11-12-27-32(39-24)33(38-18-37-27)40-26-13-14-29(19(4)31(26)34)44-23-9-10-25(36-5)28(17-23)41-35/h8-15,17-18,21-22,35-36H,3,6-7,16H2,1-2,4-5H3,(H,37,38,40). The zero-order chi connectivity index (χ0) is 31.4. The third-order valence-electron chi connectivity index (χ3n) is 7.91. The number of hydrogen-bond acceptors (Lipinski definition) is 9. The zero-order valence-corrected chi connectivity index (χ0v) is 25.2. The summed E-state index contributed by atoms with van der Waals surface area (Å²) < 4.78 is 21.6. The number of nitrogens with zero attached hydrogens (tertiary/aromatic N) is 5. The molecule has 0 fully saturated rings. The van der Waals surface area contributed by atoms with E-state index in [4.69, 9.17) is 15.3 Å². The first kappa shape index (κ1) is 30.3. The molecule has 10 nitrogen and oxygen atoms in total. The van der Waals surface area contributed by atoms with E-state index in [1.165, 1.54) is 12.4 Å². The molecule has 2 aromatic heterocycles. The Morgan fingerprint density at radius 2 is 1.98 bits per heavy atom. The number of nitrogens with one attached hydrogen (secondary N) is 3. The molecule has 0 saturated heterocycles. The largest absolute Gasteiger partial charge is 0.457 e. The number of hydrogen-bond donors (Lipinski definition) is 3. The van der Waals surface area contributed by atoms with Gasteiger partial charge in [-0.1, -0.05) is 26.5 Å². The Bertz CT molecular complexity index is 1770. The normalized spacial score (nSPS) is 16.3. The van der Waals surface area contributed by atoms with Gasteiger partial charge in [0.25, 0.3) is 0 Å². The van der Waals surface area contributed by atoms with Crippen molar-refractivity contribution in [3.05, 3.63) is 84.6 Å². The van der Waals surface area contributed by atoms with Crippen molar-refractivity contribution in [2.75, 3.05) is 17.7 Å². The maximum Gasteiger partial charge on any atom is 0.246 e. The van der Waals surface area contributed by atoms with E-state index >= 15 is 4.39 Å². The van der Waals surface area contributed by atoms with Gasteiger partial charge < -0.3 is 20.3 Å². The van der Waals surface area contributed by atoms with Gasteiger partial charge in [0.2, 0.25) is 5.91 Å². The number of pyridine rings is 1. The van der Waals surface area contributed by atoms with E-state index in [9.17, 15) is 4.79 Å². The lowest BCUT2D eigenvalue weighted by Gasteiger charge is -2.40. The summed E-state index contributed by atoms with van der Waals surface area (Å²) in [6, 6.07) is 12.1. The fourth-order valence-electron chi connectivity index (χ4n) is 5.52. The first-order chi connectivity index (χ1) is 21.3. The summed E-state index contributed by atoms with van der Waals surface area (Å²) in [7, 11) is 1.74. The molecular formula is C33H35FN8O2. The van der Waals surface area contributed by atoms with Crippen LogP contribution in [0.3, 0.4) is 0 Å². The molecule has 5 rings (SSSR count). The Morgan fingerprint density at radius 1 is 1.18 bits per heavy atom. The van der Waals surface area contributed by atoms with E-state index < -0.39 is 5.82 Å². The predicted octanol–water partition coefficient (Wildman–Crippen LogP) is 8.07. The molecule has 2 atom stereocenters. The van der Waals surface area contributed by atoms with E-state index in [0.29, 0.717) is 51.7 Å². The maximum atomic E-state index is 15.7. The van der Waals surface area contributed by atoms with Crippen LogP contribution in [-0.4, -0.2) is 44.9 Å². The second-order valence-electron chi connectivity index (χ2n) is 10.5. The van der Waals surface area contributed by atoms with Gasteiger partial charge in [0.15, 0.2) is 11.6 Å². The molecule has 1 aliphatic heterocycles. The van der Waals surface area contributed by atoms with E-state index in [1.807, 2.05) is 17.0 Å². The first-order valence-electron chi connectivity index (χ1n) is 14.5. The molecule has 3 N–H and O–H groups in total. The summed E-state index contributed by atoms with van der Waals surface area (Å²) in [6.07, 6.45) is 7.12. The third-order valence-corrected chi connectivity index (χ3v) is 7.91. The van der Waals surface area contributed by atoms with Crippen molar-refractivity contribution in [1.29, 1.82) is 5.53 Å². The number of ether oxygens (including phenoxy) is 1. The van der Waals surface area contributed by atoms with E-state index in [-0.39, 0.29) is 23.7 Å². The second kappa shape index (κ2) is 13.0. The lowest BCUT2D eigenvalue weighted by molar-refractivity contribution is -0.130. The Balaban J connectivity index is 1.45. The highest BCUT2D eigenvalue weighted by atomic mass is 19.1. The number of halogens is 1. The lowest BCUT2D eigenvalue weighted by Crippen LogP contribution is -2.47. The van der Waals surface area contributed by atoms with Gasteiger partial charge in [-0.25, -0.2) is 24.9 Å². The fourth-order valence-corrected chi connectivity index (χ4v) is 5.52. The topological polar surface area (TPSA) is 128 Å². The highest BCUT2D eigenvalue weighted by Gasteiger charge is 2.32. The summed E-state index contributed by atoms with van der Waals surface area (Å²) in [5.41, 5.74) is 11.9. The Morgan fingerprint density at radius 3 is 2.68 bits per heavy atom. The molecule has 4 aromatic rings. The van der Waals surface area contributed by atoms with Crippen LogP contribution >= 0.6 is 0 Å². The molecule has 2 aromatic carbocycles. The van der Waals surface area contributed by atoms with Crippen molar-refractivity contribution in [3.63, 3.8) is 0 Å². The smallest absolute Gasteiger partial charge is 0.246 e. The molecule has 1 amide bonds. The molecule has 0 saturated carbocycles. The summed E-state index contributed by atoms with van der Waals surface area (Å²) in [6.45, 7) is 9.45. The third kappa shape index (κ3) is 5.85. The van der Waals surface area contributed by atoms with Crippen molar-refractivity contribution in [1.82, 2.24) is 19.9 Å². The van der Waals surface area contributed by atoms with Gasteiger partial charge >= 0.3 is 0 Å². The number of carbonyl (C=O) groups is 1. The summed E-state index contributed by atoms with van der Waals surface area (Å²) in [4.78, 5) is 28.2. The Kier molecular flexibility index (Phi) is 8.94. The van der Waals surface area contributed by atoms with Gasteiger partial charge in [0.1, 0.15) is 29.0 Å². The van der Waals surface area contributed by atoms with E-state index in [1.54, 1.807) is 44.3 Å². The molecule has 0 spiro atoms. The number of carbonyl (C=O) groups excluding carboxylic acids is 1. The van der Waals surface area contributed by atoms with Crippen LogP contribution in [-0.2, 0) is 4.79 Å². The van der Waals surface area contributed by atoms with Crippen molar-refractivity contribution in [2.24, 2.45) is 5.11 Å². The average Bonchev–Trinajstić information content (AvgIpc) is 3.06. The molecule has 3 heterocycles. The number of rotatable bonds is 10. The van der Waals surface area contributed by atoms with Crippen LogP contribution in [0.1, 0.15) is 44.4 Å². The number of anilines is 3. The van der Waals surface area contributed by atoms with Gasteiger partial charge in [-0.2, -0.15) is 5.11 Å². The molecule has 44 heavy (non-hydrogen) atoms. The fraction of sp³-hybridized carbons (Fsp3) is 0.273. The van der Waals surface area contributed by atoms with Crippen molar-refractivity contribution in [2.45, 2.75) is 52.1 Å². The van der Waals surface area contributed by atoms with Crippen LogP contribution in [0.2, 0.25) is 0 Å². The molecule has 2 unspecified atom stereocenters. The van der Waals surface area contributed by atoms with Gasteiger partial charge in [-0.05, 0) is 74.2 Å². The molecule has 11 heteroatoms. The highest BCUT2D eigenvalue weighted by Crippen LogP contribution is 2.37. The minimum Gasteiger partial charge on any atom is -0.457 e. The van der Waals surface area contributed by atoms with Crippen LogP contribution < -0.4 is 15.4 Å². The lowest BCUT2D eigenvalue weighted by atomic mass is 9.90. The Labute approximate surface area is 255 Å². The van der Waals surface area contributed by atoms with Crippen LogP contribution in [0.25, 0.3) is 16.6 Å². The van der Waals surface area contributed by atoms with Gasteiger partial charge in [-0.3, -0.25) is 4.79 Å². The molecule has 0 bridgehead atoms. The summed E-state index contributed by atoms with van der Waals surface area (Å²) in [5.74, 6) is 0.562. The van der Waals surface area contributed by atoms with E-state index in [0.717, 1.165) is 24.1 Å². The first-order valence-corrected chi connectivity index (χ1v) is 14.5. The minimum absolute atomic E-state index is 0.0274. The SMILES string of the molecule is C=CC(=O)N1C(CC)C=C(c2ccc3ncnc(Nc4ccc(Oc5ccc(NC)c(N=N)c5)c(C)c4F)c3n2)CC1CC. The van der Waals surface area contributed by atoms with Gasteiger partial charge in [0, 0.05) is 24.7 Å². The van der Waals surface area contributed by atoms with E-state index in [2.05, 4.69) is 52.2 Å². The van der Waals surface area contributed by atoms with Crippen LogP contribution in [0.4, 0.5) is 27.3 Å².